The van der Waals surface area contributed by atoms with Crippen molar-refractivity contribution in [3.05, 3.63) is 130 Å². The number of aromatic nitrogens is 1. The van der Waals surface area contributed by atoms with Crippen LogP contribution in [-0.4, -0.2) is 37.5 Å². The summed E-state index contributed by atoms with van der Waals surface area (Å²) in [4.78, 5) is 3.79. The van der Waals surface area contributed by atoms with Gasteiger partial charge in [0.2, 0.25) is 0 Å². The van der Waals surface area contributed by atoms with Gasteiger partial charge in [-0.25, -0.2) is 4.98 Å². The first-order valence-electron chi connectivity index (χ1n) is 18.7. The van der Waals surface area contributed by atoms with Crippen molar-refractivity contribution < 1.29 is 30.7 Å². The third-order valence-electron chi connectivity index (χ3n) is 9.31. The minimum Gasteiger partial charge on any atom is -0.494 e. The van der Waals surface area contributed by atoms with Crippen molar-refractivity contribution in [1.29, 1.82) is 10.5 Å². The highest BCUT2D eigenvalue weighted by Gasteiger charge is 2.24. The summed E-state index contributed by atoms with van der Waals surface area (Å²) in [6.07, 6.45) is 0.797. The Kier molecular flexibility index (Phi) is 13.3. The van der Waals surface area contributed by atoms with Crippen molar-refractivity contribution in [1.82, 2.24) is 4.98 Å². The van der Waals surface area contributed by atoms with Crippen molar-refractivity contribution >= 4 is 110 Å². The van der Waals surface area contributed by atoms with Gasteiger partial charge in [-0.15, -0.1) is 20.5 Å². The van der Waals surface area contributed by atoms with Crippen LogP contribution in [0.25, 0.3) is 21.9 Å². The van der Waals surface area contributed by atoms with E-state index in [4.69, 9.17) is 27.9 Å². The van der Waals surface area contributed by atoms with Gasteiger partial charge in [0.1, 0.15) is 43.9 Å². The zero-order valence-electron chi connectivity index (χ0n) is 33.3. The van der Waals surface area contributed by atoms with Crippen molar-refractivity contribution in [3.63, 3.8) is 0 Å². The topological polar surface area (TPSA) is 252 Å². The molecule has 0 aliphatic carbocycles. The molecule has 16 nitrogen and oxygen atoms in total. The van der Waals surface area contributed by atoms with Crippen LogP contribution in [0.4, 0.5) is 44.4 Å². The van der Waals surface area contributed by atoms with Crippen molar-refractivity contribution in [3.8, 4) is 29.0 Å². The van der Waals surface area contributed by atoms with Gasteiger partial charge in [-0.05, 0) is 97.1 Å². The van der Waals surface area contributed by atoms with E-state index in [0.717, 1.165) is 23.8 Å². The number of ether oxygens (including phenoxy) is 1. The molecule has 0 unspecified atom stereocenters. The average Bonchev–Trinajstić information content (AvgIpc) is 3.62. The number of nitriles is 2. The Balaban J connectivity index is 1.36. The Morgan fingerprint density at radius 1 is 0.750 bits per heavy atom. The van der Waals surface area contributed by atoms with Crippen LogP contribution in [0.2, 0.25) is 10.0 Å². The third kappa shape index (κ3) is 10.0. The molecule has 64 heavy (non-hydrogen) atoms. The zero-order chi connectivity index (χ0) is 45.8. The molecule has 0 radical (unpaired) electrons. The van der Waals surface area contributed by atoms with Crippen molar-refractivity contribution in [2.75, 3.05) is 17.2 Å². The number of azo groups is 2. The second kappa shape index (κ2) is 18.9. The fourth-order valence-electron chi connectivity index (χ4n) is 6.29. The number of pyridine rings is 1. The standard InChI is InChI=1S/C43H31Cl2N9O7S3/c1-3-19-61-31-16-8-26(9-17-31)38-34(23-47)42(62-43(38)54-51-30-12-7-25-5-4-6-36(32(25)20-30)63(55,56)57)53-52-39-24(2)33(22-46)40(50-41(39)48-28-13-10-27(44)11-14-28)49-29-15-18-35(45)37(21-29)64(58,59)60/h4-18,20-21H,3,19H2,1-2H3,(H2,48,49,50)(H,55,56,57)(H,58,59,60). The van der Waals surface area contributed by atoms with Crippen LogP contribution in [0.15, 0.2) is 133 Å². The molecule has 0 bridgehead atoms. The van der Waals surface area contributed by atoms with Crippen LogP contribution in [0, 0.1) is 29.6 Å². The monoisotopic (exact) mass is 951 g/mol. The summed E-state index contributed by atoms with van der Waals surface area (Å²) in [6.45, 7) is 4.08. The summed E-state index contributed by atoms with van der Waals surface area (Å²) in [7, 11) is -9.27. The Bertz CT molecular complexity index is 3330. The minimum absolute atomic E-state index is 0.00116. The molecule has 4 N–H and O–H groups in total. The summed E-state index contributed by atoms with van der Waals surface area (Å²) < 4.78 is 73.7. The first-order chi connectivity index (χ1) is 30.6. The maximum atomic E-state index is 12.2. The molecule has 0 amide bonds. The number of benzene rings is 5. The predicted octanol–water partition coefficient (Wildman–Crippen LogP) is 12.9. The summed E-state index contributed by atoms with van der Waals surface area (Å²) in [5, 5.41) is 46.5. The molecule has 21 heteroatoms. The largest absolute Gasteiger partial charge is 0.494 e. The number of rotatable bonds is 14. The fraction of sp³-hybridized carbons (Fsp3) is 0.0930. The van der Waals surface area contributed by atoms with Crippen molar-refractivity contribution in [2.45, 2.75) is 30.1 Å². The maximum Gasteiger partial charge on any atom is 0.296 e. The summed E-state index contributed by atoms with van der Waals surface area (Å²) in [5.74, 6) is 0.687. The first-order valence-corrected chi connectivity index (χ1v) is 23.2. The van der Waals surface area contributed by atoms with E-state index in [1.165, 1.54) is 30.3 Å². The van der Waals surface area contributed by atoms with E-state index in [1.807, 2.05) is 6.92 Å². The lowest BCUT2D eigenvalue weighted by atomic mass is 10.0. The number of anilines is 4. The van der Waals surface area contributed by atoms with Crippen LogP contribution < -0.4 is 15.4 Å². The molecule has 0 aliphatic heterocycles. The van der Waals surface area contributed by atoms with Gasteiger partial charge in [-0.3, -0.25) is 9.11 Å². The smallest absolute Gasteiger partial charge is 0.296 e. The Labute approximate surface area is 380 Å². The molecule has 0 spiro atoms. The van der Waals surface area contributed by atoms with Crippen LogP contribution in [-0.2, 0) is 20.2 Å². The van der Waals surface area contributed by atoms with Crippen LogP contribution >= 0.6 is 34.5 Å². The summed E-state index contributed by atoms with van der Waals surface area (Å²) in [6, 6.07) is 31.0. The predicted molar refractivity (Wildman–Crippen MR) is 245 cm³/mol. The van der Waals surface area contributed by atoms with Gasteiger partial charge in [-0.1, -0.05) is 71.8 Å². The Morgan fingerprint density at radius 3 is 2.09 bits per heavy atom. The van der Waals surface area contributed by atoms with E-state index >= 15 is 0 Å². The molecule has 0 aliphatic rings. The van der Waals surface area contributed by atoms with E-state index in [-0.39, 0.29) is 70.7 Å². The zero-order valence-corrected chi connectivity index (χ0v) is 37.2. The van der Waals surface area contributed by atoms with Gasteiger partial charge >= 0.3 is 0 Å². The SMILES string of the molecule is CCCOc1ccc(-c2c(N=Nc3ccc4cccc(S(=O)(=O)O)c4c3)sc(N=Nc3c(Nc4ccc(Cl)cc4)nc(Nc4ccc(Cl)c(S(=O)(=O)O)c4)c(C#N)c3C)c2C#N)cc1. The van der Waals surface area contributed by atoms with Crippen LogP contribution in [0.1, 0.15) is 30.0 Å². The lowest BCUT2D eigenvalue weighted by Gasteiger charge is -2.16. The third-order valence-corrected chi connectivity index (χ3v) is 12.8. The molecule has 0 saturated carbocycles. The Morgan fingerprint density at radius 2 is 1.42 bits per heavy atom. The lowest BCUT2D eigenvalue weighted by Crippen LogP contribution is -2.05. The molecule has 322 valence electrons. The summed E-state index contributed by atoms with van der Waals surface area (Å²) in [5.41, 5.74) is 2.30. The minimum atomic E-state index is -4.70. The van der Waals surface area contributed by atoms with Gasteiger partial charge in [-0.2, -0.15) is 27.4 Å². The summed E-state index contributed by atoms with van der Waals surface area (Å²) >= 11 is 13.2. The molecular weight excluding hydrogens is 922 g/mol. The molecule has 0 atom stereocenters. The highest BCUT2D eigenvalue weighted by atomic mass is 35.5. The maximum absolute atomic E-state index is 12.2. The molecule has 7 aromatic rings. The van der Waals surface area contributed by atoms with Gasteiger partial charge in [0.05, 0.1) is 22.9 Å². The van der Waals surface area contributed by atoms with Crippen molar-refractivity contribution in [2.24, 2.45) is 20.5 Å². The molecule has 0 fully saturated rings. The molecular formula is C43H31Cl2N9O7S3. The Hall–Kier alpha value is -6.81. The molecule has 2 heterocycles. The highest BCUT2D eigenvalue weighted by molar-refractivity contribution is 7.86. The van der Waals surface area contributed by atoms with E-state index in [0.29, 0.717) is 39.6 Å². The number of nitrogens with zero attached hydrogens (tertiary/aromatic N) is 7. The number of hydrogen-bond donors (Lipinski definition) is 4. The van der Waals surface area contributed by atoms with E-state index < -0.39 is 25.1 Å². The number of fused-ring (bicyclic) bond motifs is 1. The van der Waals surface area contributed by atoms with Crippen LogP contribution in [0.5, 0.6) is 5.75 Å². The first kappa shape index (κ1) is 45.2. The normalized spacial score (nSPS) is 11.8. The van der Waals surface area contributed by atoms with E-state index in [2.05, 4.69) is 48.2 Å². The molecule has 0 saturated heterocycles. The number of hydrogen-bond acceptors (Lipinski definition) is 15. The van der Waals surface area contributed by atoms with E-state index in [9.17, 15) is 36.5 Å². The van der Waals surface area contributed by atoms with Crippen LogP contribution in [0.3, 0.4) is 0 Å². The second-order valence-corrected chi connectivity index (χ2v) is 18.2. The molecule has 7 rings (SSSR count). The van der Waals surface area contributed by atoms with Gasteiger partial charge in [0.25, 0.3) is 20.2 Å². The number of nitrogens with one attached hydrogen (secondary N) is 2. The number of halogens is 2. The quantitative estimate of drug-likeness (QED) is 0.0587. The van der Waals surface area contributed by atoms with Gasteiger partial charge < -0.3 is 15.4 Å². The second-order valence-electron chi connectivity index (χ2n) is 13.6. The molecule has 2 aromatic heterocycles. The van der Waals surface area contributed by atoms with Gasteiger partial charge in [0.15, 0.2) is 16.6 Å². The average molecular weight is 953 g/mol. The van der Waals surface area contributed by atoms with E-state index in [1.54, 1.807) is 73.7 Å². The lowest BCUT2D eigenvalue weighted by molar-refractivity contribution is 0.317. The number of thiophene rings is 1. The fourth-order valence-corrected chi connectivity index (χ4v) is 9.04. The highest BCUT2D eigenvalue weighted by Crippen LogP contribution is 2.49. The van der Waals surface area contributed by atoms with Gasteiger partial charge in [0, 0.05) is 32.9 Å². The molecule has 5 aromatic carbocycles.